The van der Waals surface area contributed by atoms with Crippen molar-refractivity contribution in [2.24, 2.45) is 0 Å². The van der Waals surface area contributed by atoms with Crippen LogP contribution in [-0.4, -0.2) is 66.1 Å². The van der Waals surface area contributed by atoms with Gasteiger partial charge in [0.05, 0.1) is 23.6 Å². The van der Waals surface area contributed by atoms with Gasteiger partial charge in [0, 0.05) is 43.4 Å². The van der Waals surface area contributed by atoms with E-state index >= 15 is 0 Å². The first-order chi connectivity index (χ1) is 16.0. The fraction of sp³-hybridized carbons (Fsp3) is 0.348. The number of halogens is 2. The maximum Gasteiger partial charge on any atom is 0.246 e. The van der Waals surface area contributed by atoms with Crippen LogP contribution in [0.4, 0.5) is 15.9 Å². The number of carbonyl (C=O) groups excluding carboxylic acids is 1. The van der Waals surface area contributed by atoms with E-state index < -0.39 is 5.82 Å². The van der Waals surface area contributed by atoms with Gasteiger partial charge >= 0.3 is 0 Å². The summed E-state index contributed by atoms with van der Waals surface area (Å²) in [4.78, 5) is 27.5. The number of ether oxygens (including phenoxy) is 1. The lowest BCUT2D eigenvalue weighted by Gasteiger charge is -2.26. The molecule has 0 unspecified atom stereocenters. The minimum absolute atomic E-state index is 0.00337. The zero-order valence-corrected chi connectivity index (χ0v) is 20.0. The lowest BCUT2D eigenvalue weighted by molar-refractivity contribution is -0.126. The van der Waals surface area contributed by atoms with Crippen LogP contribution in [0, 0.1) is 5.82 Å². The van der Waals surface area contributed by atoms with Gasteiger partial charge in [-0.15, -0.1) is 11.3 Å². The molecular weight excluding hydrogens is 465 g/mol. The number of likely N-dealkylation sites (N-methyl/N-ethyl adjacent to an activating group) is 1. The summed E-state index contributed by atoms with van der Waals surface area (Å²) in [6.45, 7) is 3.33. The molecule has 0 saturated carbocycles. The van der Waals surface area contributed by atoms with Gasteiger partial charge in [-0.25, -0.2) is 14.4 Å². The van der Waals surface area contributed by atoms with Crippen molar-refractivity contribution in [1.29, 1.82) is 0 Å². The van der Waals surface area contributed by atoms with Gasteiger partial charge in [0.25, 0.3) is 0 Å². The average Bonchev–Trinajstić information content (AvgIpc) is 3.18. The molecule has 3 heterocycles. The SMILES string of the molecule is COCCN(C)CC=CC(=O)N1CCc2c(sc3ncnc(Nc4ccc(F)c(Cl)c4)c23)C1. The van der Waals surface area contributed by atoms with Gasteiger partial charge in [-0.1, -0.05) is 17.7 Å². The highest BCUT2D eigenvalue weighted by atomic mass is 35.5. The van der Waals surface area contributed by atoms with E-state index in [0.717, 1.165) is 33.6 Å². The molecule has 10 heteroatoms. The Morgan fingerprint density at radius 2 is 2.27 bits per heavy atom. The van der Waals surface area contributed by atoms with E-state index in [1.165, 1.54) is 18.5 Å². The Labute approximate surface area is 200 Å². The van der Waals surface area contributed by atoms with E-state index in [4.69, 9.17) is 16.3 Å². The minimum Gasteiger partial charge on any atom is -0.383 e. The molecule has 1 aromatic carbocycles. The molecule has 1 amide bonds. The van der Waals surface area contributed by atoms with Crippen LogP contribution in [0.15, 0.2) is 36.7 Å². The average molecular weight is 490 g/mol. The summed E-state index contributed by atoms with van der Waals surface area (Å²) < 4.78 is 18.6. The number of methoxy groups -OCH3 is 1. The molecule has 1 aliphatic heterocycles. The Balaban J connectivity index is 1.48. The summed E-state index contributed by atoms with van der Waals surface area (Å²) in [6.07, 6.45) is 5.75. The van der Waals surface area contributed by atoms with Crippen molar-refractivity contribution in [2.75, 3.05) is 45.7 Å². The first-order valence-corrected chi connectivity index (χ1v) is 11.8. The Hall–Kier alpha value is -2.59. The summed E-state index contributed by atoms with van der Waals surface area (Å²) in [5, 5.41) is 4.23. The number of aromatic nitrogens is 2. The number of benzene rings is 1. The third kappa shape index (κ3) is 5.50. The van der Waals surface area contributed by atoms with Gasteiger partial charge in [0.1, 0.15) is 22.8 Å². The Bertz CT molecular complexity index is 1190. The Morgan fingerprint density at radius 3 is 3.06 bits per heavy atom. The van der Waals surface area contributed by atoms with Crippen molar-refractivity contribution in [2.45, 2.75) is 13.0 Å². The van der Waals surface area contributed by atoms with E-state index in [9.17, 15) is 9.18 Å². The quantitative estimate of drug-likeness (QED) is 0.477. The topological polar surface area (TPSA) is 70.6 Å². The number of rotatable bonds is 8. The van der Waals surface area contributed by atoms with Crippen LogP contribution >= 0.6 is 22.9 Å². The monoisotopic (exact) mass is 489 g/mol. The van der Waals surface area contributed by atoms with Crippen molar-refractivity contribution in [3.63, 3.8) is 0 Å². The van der Waals surface area contributed by atoms with E-state index in [1.54, 1.807) is 30.6 Å². The van der Waals surface area contributed by atoms with Gasteiger partial charge in [-0.3, -0.25) is 4.79 Å². The van der Waals surface area contributed by atoms with Crippen LogP contribution in [0.2, 0.25) is 5.02 Å². The smallest absolute Gasteiger partial charge is 0.246 e. The van der Waals surface area contributed by atoms with Gasteiger partial charge in [0.15, 0.2) is 0 Å². The highest BCUT2D eigenvalue weighted by Gasteiger charge is 2.25. The van der Waals surface area contributed by atoms with Crippen LogP contribution in [0.1, 0.15) is 10.4 Å². The van der Waals surface area contributed by atoms with Gasteiger partial charge in [-0.2, -0.15) is 0 Å². The fourth-order valence-electron chi connectivity index (χ4n) is 3.70. The van der Waals surface area contributed by atoms with Gasteiger partial charge < -0.3 is 19.9 Å². The minimum atomic E-state index is -0.469. The highest BCUT2D eigenvalue weighted by Crippen LogP contribution is 2.38. The lowest BCUT2D eigenvalue weighted by Crippen LogP contribution is -2.34. The zero-order valence-electron chi connectivity index (χ0n) is 18.5. The van der Waals surface area contributed by atoms with E-state index in [0.29, 0.717) is 37.7 Å². The maximum absolute atomic E-state index is 13.5. The predicted molar refractivity (Wildman–Crippen MR) is 130 cm³/mol. The molecule has 0 bridgehead atoms. The summed E-state index contributed by atoms with van der Waals surface area (Å²) >= 11 is 7.49. The van der Waals surface area contributed by atoms with Gasteiger partial charge in [-0.05, 0) is 37.2 Å². The van der Waals surface area contributed by atoms with Crippen molar-refractivity contribution in [1.82, 2.24) is 19.8 Å². The van der Waals surface area contributed by atoms with Crippen LogP contribution in [0.25, 0.3) is 10.2 Å². The second-order valence-electron chi connectivity index (χ2n) is 7.83. The van der Waals surface area contributed by atoms with Crippen LogP contribution in [-0.2, 0) is 22.5 Å². The van der Waals surface area contributed by atoms with Crippen molar-refractivity contribution in [3.05, 3.63) is 58.0 Å². The van der Waals surface area contributed by atoms with E-state index in [-0.39, 0.29) is 10.9 Å². The maximum atomic E-state index is 13.5. The molecule has 2 aromatic heterocycles. The number of nitrogens with one attached hydrogen (secondary N) is 1. The molecule has 0 radical (unpaired) electrons. The normalized spacial score (nSPS) is 13.8. The molecule has 33 heavy (non-hydrogen) atoms. The van der Waals surface area contributed by atoms with Gasteiger partial charge in [0.2, 0.25) is 5.91 Å². The summed E-state index contributed by atoms with van der Waals surface area (Å²) in [5.74, 6) is 0.186. The molecule has 0 fully saturated rings. The Kier molecular flexibility index (Phi) is 7.54. The van der Waals surface area contributed by atoms with Crippen LogP contribution in [0.3, 0.4) is 0 Å². The standard InChI is InChI=1S/C23H25ClFN5O2S/c1-29(10-11-32-2)8-3-4-20(31)30-9-7-16-19(13-30)33-23-21(16)22(26-14-27-23)28-15-5-6-18(25)17(24)12-15/h3-6,12,14H,7-11,13H2,1-2H3,(H,26,27,28). The number of fused-ring (bicyclic) bond motifs is 3. The number of anilines is 2. The molecule has 0 aliphatic carbocycles. The van der Waals surface area contributed by atoms with Crippen LogP contribution in [0.5, 0.6) is 0 Å². The second kappa shape index (κ2) is 10.6. The molecular formula is C23H25ClFN5O2S. The third-order valence-electron chi connectivity index (χ3n) is 5.49. The molecule has 0 spiro atoms. The number of hydrogen-bond donors (Lipinski definition) is 1. The summed E-state index contributed by atoms with van der Waals surface area (Å²) in [7, 11) is 3.67. The van der Waals surface area contributed by atoms with E-state index in [1.807, 2.05) is 18.0 Å². The number of nitrogens with zero attached hydrogens (tertiary/aromatic N) is 4. The summed E-state index contributed by atoms with van der Waals surface area (Å²) in [5.41, 5.74) is 1.80. The lowest BCUT2D eigenvalue weighted by atomic mass is 10.0. The largest absolute Gasteiger partial charge is 0.383 e. The summed E-state index contributed by atoms with van der Waals surface area (Å²) in [6, 6.07) is 4.47. The number of hydrogen-bond acceptors (Lipinski definition) is 7. The molecule has 4 rings (SSSR count). The number of carbonyl (C=O) groups is 1. The van der Waals surface area contributed by atoms with Crippen molar-refractivity contribution >= 4 is 50.6 Å². The first-order valence-electron chi connectivity index (χ1n) is 10.6. The zero-order chi connectivity index (χ0) is 23.4. The first kappa shape index (κ1) is 23.6. The fourth-order valence-corrected chi connectivity index (χ4v) is 5.08. The molecule has 1 N–H and O–H groups in total. The molecule has 3 aromatic rings. The molecule has 1 aliphatic rings. The van der Waals surface area contributed by atoms with E-state index in [2.05, 4.69) is 20.2 Å². The second-order valence-corrected chi connectivity index (χ2v) is 9.32. The van der Waals surface area contributed by atoms with Crippen molar-refractivity contribution < 1.29 is 13.9 Å². The Morgan fingerprint density at radius 1 is 1.42 bits per heavy atom. The molecule has 0 saturated heterocycles. The molecule has 174 valence electrons. The highest BCUT2D eigenvalue weighted by molar-refractivity contribution is 7.19. The van der Waals surface area contributed by atoms with Crippen molar-refractivity contribution in [3.8, 4) is 0 Å². The number of thiophene rings is 1. The molecule has 7 nitrogen and oxygen atoms in total. The predicted octanol–water partition coefficient (Wildman–Crippen LogP) is 4.25. The molecule has 0 atom stereocenters. The number of amides is 1. The third-order valence-corrected chi connectivity index (χ3v) is 6.90. The van der Waals surface area contributed by atoms with Crippen LogP contribution < -0.4 is 5.32 Å².